The number of amides is 1. The van der Waals surface area contributed by atoms with Gasteiger partial charge in [0.2, 0.25) is 0 Å². The van der Waals surface area contributed by atoms with Gasteiger partial charge in [0.1, 0.15) is 4.90 Å². The maximum absolute atomic E-state index is 13.2. The fraction of sp³-hybridized carbons (Fsp3) is 0.167. The lowest BCUT2D eigenvalue weighted by Crippen LogP contribution is -2.30. The lowest BCUT2D eigenvalue weighted by Gasteiger charge is -2.22. The molecule has 3 aromatic rings. The van der Waals surface area contributed by atoms with E-state index in [0.29, 0.717) is 11.4 Å². The minimum absolute atomic E-state index is 0.00966. The minimum Gasteiger partial charge on any atom is -0.282 e. The van der Waals surface area contributed by atoms with Gasteiger partial charge in [0.25, 0.3) is 26.0 Å². The van der Waals surface area contributed by atoms with Gasteiger partial charge in [0, 0.05) is 6.54 Å². The molecular formula is C24H21Cl2N5O6S2. The lowest BCUT2D eigenvalue weighted by atomic mass is 10.2. The Morgan fingerprint density at radius 2 is 1.64 bits per heavy atom. The molecule has 1 N–H and O–H groups in total. The SMILES string of the molecule is CCN(c1ccccc1)S(=O)(=O)c1ccc(N=N[C@H]2C(=O)N(c3cc(Cl)c(S(=O)(=O)O)cc3Cl)N=C2C)cc1. The monoisotopic (exact) mass is 609 g/mol. The average molecular weight is 611 g/mol. The first-order chi connectivity index (χ1) is 18.3. The molecule has 0 aliphatic carbocycles. The number of anilines is 2. The van der Waals surface area contributed by atoms with Crippen molar-refractivity contribution >= 4 is 72.0 Å². The molecule has 1 atom stereocenters. The molecule has 0 radical (unpaired) electrons. The minimum atomic E-state index is -4.63. The molecule has 0 fully saturated rings. The molecule has 0 unspecified atom stereocenters. The first kappa shape index (κ1) is 28.6. The number of azo groups is 1. The number of para-hydroxylation sites is 1. The van der Waals surface area contributed by atoms with Gasteiger partial charge in [0.15, 0.2) is 6.04 Å². The van der Waals surface area contributed by atoms with Crippen LogP contribution in [0.15, 0.2) is 91.9 Å². The second kappa shape index (κ2) is 11.0. The Morgan fingerprint density at radius 3 is 2.23 bits per heavy atom. The molecule has 1 amide bonds. The molecule has 15 heteroatoms. The molecule has 0 aromatic heterocycles. The van der Waals surface area contributed by atoms with E-state index in [1.165, 1.54) is 28.6 Å². The largest absolute Gasteiger partial charge is 0.296 e. The molecule has 1 aliphatic rings. The van der Waals surface area contributed by atoms with Crippen molar-refractivity contribution in [1.29, 1.82) is 0 Å². The summed E-state index contributed by atoms with van der Waals surface area (Å²) in [5.41, 5.74) is 1.10. The smallest absolute Gasteiger partial charge is 0.282 e. The second-order valence-corrected chi connectivity index (χ2v) is 12.3. The highest BCUT2D eigenvalue weighted by Crippen LogP contribution is 2.36. The zero-order valence-electron chi connectivity index (χ0n) is 20.4. The maximum Gasteiger partial charge on any atom is 0.296 e. The number of benzene rings is 3. The van der Waals surface area contributed by atoms with E-state index in [1.54, 1.807) is 44.2 Å². The van der Waals surface area contributed by atoms with Gasteiger partial charge in [0.05, 0.1) is 37.7 Å². The van der Waals surface area contributed by atoms with Gasteiger partial charge >= 0.3 is 0 Å². The summed E-state index contributed by atoms with van der Waals surface area (Å²) < 4.78 is 59.8. The summed E-state index contributed by atoms with van der Waals surface area (Å²) in [4.78, 5) is 12.5. The van der Waals surface area contributed by atoms with Crippen molar-refractivity contribution in [2.45, 2.75) is 29.7 Å². The van der Waals surface area contributed by atoms with Gasteiger partial charge < -0.3 is 0 Å². The predicted octanol–water partition coefficient (Wildman–Crippen LogP) is 5.33. The van der Waals surface area contributed by atoms with Crippen LogP contribution in [0.5, 0.6) is 0 Å². The van der Waals surface area contributed by atoms with Crippen LogP contribution in [-0.2, 0) is 24.9 Å². The van der Waals surface area contributed by atoms with E-state index in [9.17, 15) is 26.2 Å². The fourth-order valence-electron chi connectivity index (χ4n) is 3.76. The van der Waals surface area contributed by atoms with Gasteiger partial charge in [-0.2, -0.15) is 28.8 Å². The highest BCUT2D eigenvalue weighted by molar-refractivity contribution is 7.92. The summed E-state index contributed by atoms with van der Waals surface area (Å²) in [6.07, 6.45) is 0. The van der Waals surface area contributed by atoms with Crippen molar-refractivity contribution in [1.82, 2.24) is 0 Å². The first-order valence-corrected chi connectivity index (χ1v) is 14.9. The van der Waals surface area contributed by atoms with Gasteiger partial charge in [-0.3, -0.25) is 13.7 Å². The van der Waals surface area contributed by atoms with Crippen molar-refractivity contribution < 1.29 is 26.2 Å². The molecule has 3 aromatic carbocycles. The third-order valence-electron chi connectivity index (χ3n) is 5.65. The number of nitrogens with zero attached hydrogens (tertiary/aromatic N) is 5. The topological polar surface area (TPSA) is 149 Å². The van der Waals surface area contributed by atoms with Crippen LogP contribution in [0.2, 0.25) is 10.0 Å². The number of hydrogen-bond acceptors (Lipinski definition) is 8. The predicted molar refractivity (Wildman–Crippen MR) is 148 cm³/mol. The van der Waals surface area contributed by atoms with Crippen LogP contribution in [0.3, 0.4) is 0 Å². The molecule has 1 aliphatic heterocycles. The number of hydrazone groups is 1. The molecule has 0 saturated carbocycles. The normalized spacial score (nSPS) is 16.1. The van der Waals surface area contributed by atoms with E-state index in [-0.39, 0.29) is 32.9 Å². The Hall–Kier alpha value is -3.36. The third-order valence-corrected chi connectivity index (χ3v) is 9.19. The Balaban J connectivity index is 1.54. The van der Waals surface area contributed by atoms with E-state index < -0.39 is 37.0 Å². The molecule has 4 rings (SSSR count). The van der Waals surface area contributed by atoms with Gasteiger partial charge in [-0.25, -0.2) is 8.42 Å². The number of carbonyl (C=O) groups is 1. The quantitative estimate of drug-likeness (QED) is 0.269. The zero-order valence-corrected chi connectivity index (χ0v) is 23.6. The van der Waals surface area contributed by atoms with Crippen LogP contribution in [0.1, 0.15) is 13.8 Å². The van der Waals surface area contributed by atoms with Crippen molar-refractivity contribution in [3.05, 3.63) is 76.8 Å². The van der Waals surface area contributed by atoms with Crippen molar-refractivity contribution in [2.75, 3.05) is 15.9 Å². The van der Waals surface area contributed by atoms with Crippen LogP contribution >= 0.6 is 23.2 Å². The second-order valence-electron chi connectivity index (χ2n) is 8.22. The number of rotatable bonds is 8. The molecule has 0 bridgehead atoms. The first-order valence-electron chi connectivity index (χ1n) is 11.3. The number of sulfonamides is 1. The van der Waals surface area contributed by atoms with Crippen LogP contribution < -0.4 is 9.31 Å². The molecule has 11 nitrogen and oxygen atoms in total. The average Bonchev–Trinajstić information content (AvgIpc) is 3.17. The van der Waals surface area contributed by atoms with Crippen molar-refractivity contribution in [2.24, 2.45) is 15.3 Å². The lowest BCUT2D eigenvalue weighted by molar-refractivity contribution is -0.117. The standard InChI is InChI=1S/C24H21Cl2N5O6S2/c1-3-30(17-7-5-4-6-8-17)38(33,34)18-11-9-16(10-12-18)27-28-23-15(2)29-31(24(23)32)21-13-20(26)22(14-19(21)25)39(35,36)37/h4-14,23H,3H2,1-2H3,(H,35,36,37)/t23-/m1/s1. The molecule has 0 spiro atoms. The number of carbonyl (C=O) groups excluding carboxylic acids is 1. The van der Waals surface area contributed by atoms with E-state index in [0.717, 1.165) is 17.1 Å². The Bertz CT molecular complexity index is 1700. The Morgan fingerprint density at radius 1 is 1.00 bits per heavy atom. The molecule has 1 heterocycles. The van der Waals surface area contributed by atoms with Gasteiger partial charge in [-0.15, -0.1) is 0 Å². The maximum atomic E-state index is 13.2. The van der Waals surface area contributed by atoms with Crippen LogP contribution in [0.4, 0.5) is 17.1 Å². The van der Waals surface area contributed by atoms with E-state index in [1.807, 2.05) is 0 Å². The van der Waals surface area contributed by atoms with E-state index in [2.05, 4.69) is 15.3 Å². The fourth-order valence-corrected chi connectivity index (χ4v) is 6.57. The molecule has 0 saturated heterocycles. The van der Waals surface area contributed by atoms with Crippen LogP contribution in [0.25, 0.3) is 0 Å². The summed E-state index contributed by atoms with van der Waals surface area (Å²) >= 11 is 12.1. The van der Waals surface area contributed by atoms with E-state index >= 15 is 0 Å². The van der Waals surface area contributed by atoms with Crippen molar-refractivity contribution in [3.8, 4) is 0 Å². The van der Waals surface area contributed by atoms with Crippen LogP contribution in [0, 0.1) is 0 Å². The summed E-state index contributed by atoms with van der Waals surface area (Å²) in [5.74, 6) is -0.630. The summed E-state index contributed by atoms with van der Waals surface area (Å²) in [6.45, 7) is 3.52. The summed E-state index contributed by atoms with van der Waals surface area (Å²) in [6, 6.07) is 15.3. The van der Waals surface area contributed by atoms with Crippen LogP contribution in [-0.4, -0.2) is 45.6 Å². The van der Waals surface area contributed by atoms with Crippen molar-refractivity contribution in [3.63, 3.8) is 0 Å². The number of halogens is 2. The molecule has 204 valence electrons. The highest BCUT2D eigenvalue weighted by atomic mass is 35.5. The summed E-state index contributed by atoms with van der Waals surface area (Å²) in [5, 5.41) is 12.6. The van der Waals surface area contributed by atoms with E-state index in [4.69, 9.17) is 23.2 Å². The van der Waals surface area contributed by atoms with Gasteiger partial charge in [-0.1, -0.05) is 41.4 Å². The summed E-state index contributed by atoms with van der Waals surface area (Å²) in [7, 11) is -8.46. The zero-order chi connectivity index (χ0) is 28.5. The number of hydrogen-bond donors (Lipinski definition) is 1. The molecule has 39 heavy (non-hydrogen) atoms. The Labute approximate surface area is 235 Å². The molecular weight excluding hydrogens is 589 g/mol. The highest BCUT2D eigenvalue weighted by Gasteiger charge is 2.36. The van der Waals surface area contributed by atoms with Gasteiger partial charge in [-0.05, 0) is 62.4 Å². The Kier molecular flexibility index (Phi) is 8.09. The third kappa shape index (κ3) is 5.82.